The topological polar surface area (TPSA) is 56.6 Å². The SMILES string of the molecule is CN1CCO[C@@H]2CN(C(=O)C3(C#N)CCCC3)CC[C@@H]2C1. The van der Waals surface area contributed by atoms with Crippen molar-refractivity contribution >= 4 is 5.91 Å². The third-order valence-electron chi connectivity index (χ3n) is 5.41. The number of nitriles is 1. The van der Waals surface area contributed by atoms with Gasteiger partial charge in [-0.05, 0) is 26.3 Å². The molecule has 0 N–H and O–H groups in total. The highest BCUT2D eigenvalue weighted by atomic mass is 16.5. The number of amides is 1. The van der Waals surface area contributed by atoms with Gasteiger partial charge in [0, 0.05) is 32.1 Å². The molecule has 0 radical (unpaired) electrons. The molecular formula is C16H25N3O2. The van der Waals surface area contributed by atoms with E-state index in [0.717, 1.165) is 58.3 Å². The zero-order valence-corrected chi connectivity index (χ0v) is 12.9. The fourth-order valence-electron chi connectivity index (χ4n) is 4.05. The fourth-order valence-corrected chi connectivity index (χ4v) is 4.05. The largest absolute Gasteiger partial charge is 0.375 e. The van der Waals surface area contributed by atoms with Crippen molar-refractivity contribution in [1.29, 1.82) is 5.26 Å². The van der Waals surface area contributed by atoms with Crippen LogP contribution in [0.15, 0.2) is 0 Å². The molecule has 2 atom stereocenters. The lowest BCUT2D eigenvalue weighted by molar-refractivity contribution is -0.144. The third kappa shape index (κ3) is 2.79. The number of fused-ring (bicyclic) bond motifs is 1. The molecular weight excluding hydrogens is 266 g/mol. The predicted octanol–water partition coefficient (Wildman–Crippen LogP) is 1.25. The summed E-state index contributed by atoms with van der Waals surface area (Å²) in [5.41, 5.74) is -0.742. The highest BCUT2D eigenvalue weighted by Crippen LogP contribution is 2.40. The van der Waals surface area contributed by atoms with Gasteiger partial charge in [-0.1, -0.05) is 12.8 Å². The van der Waals surface area contributed by atoms with Gasteiger partial charge in [0.15, 0.2) is 0 Å². The summed E-state index contributed by atoms with van der Waals surface area (Å²) in [6, 6.07) is 2.33. The number of carbonyl (C=O) groups is 1. The van der Waals surface area contributed by atoms with E-state index in [9.17, 15) is 10.1 Å². The first-order valence-electron chi connectivity index (χ1n) is 8.15. The first kappa shape index (κ1) is 14.8. The van der Waals surface area contributed by atoms with Gasteiger partial charge < -0.3 is 14.5 Å². The number of nitrogens with zero attached hydrogens (tertiary/aromatic N) is 3. The van der Waals surface area contributed by atoms with Crippen LogP contribution in [0.2, 0.25) is 0 Å². The highest BCUT2D eigenvalue weighted by molar-refractivity contribution is 5.86. The molecule has 3 aliphatic rings. The quantitative estimate of drug-likeness (QED) is 0.729. The molecule has 0 aromatic heterocycles. The Bertz CT molecular complexity index is 439. The Balaban J connectivity index is 1.68. The Kier molecular flexibility index (Phi) is 4.19. The summed E-state index contributed by atoms with van der Waals surface area (Å²) >= 11 is 0. The maximum Gasteiger partial charge on any atom is 0.243 e. The van der Waals surface area contributed by atoms with E-state index in [2.05, 4.69) is 18.0 Å². The zero-order chi connectivity index (χ0) is 14.9. The van der Waals surface area contributed by atoms with Gasteiger partial charge in [-0.3, -0.25) is 4.79 Å². The molecule has 1 aliphatic carbocycles. The number of piperidine rings is 1. The second-order valence-corrected chi connectivity index (χ2v) is 6.87. The molecule has 0 spiro atoms. The number of hydrogen-bond acceptors (Lipinski definition) is 4. The van der Waals surface area contributed by atoms with Gasteiger partial charge in [0.05, 0.1) is 18.8 Å². The summed E-state index contributed by atoms with van der Waals surface area (Å²) in [6.07, 6.45) is 4.60. The van der Waals surface area contributed by atoms with Gasteiger partial charge >= 0.3 is 0 Å². The Morgan fingerprint density at radius 2 is 2.05 bits per heavy atom. The number of hydrogen-bond donors (Lipinski definition) is 0. The minimum Gasteiger partial charge on any atom is -0.375 e. The Labute approximate surface area is 126 Å². The Hall–Kier alpha value is -1.12. The average molecular weight is 291 g/mol. The van der Waals surface area contributed by atoms with Crippen LogP contribution in [0.1, 0.15) is 32.1 Å². The number of ether oxygens (including phenoxy) is 1. The van der Waals surface area contributed by atoms with Crippen LogP contribution in [0, 0.1) is 22.7 Å². The van der Waals surface area contributed by atoms with Crippen molar-refractivity contribution in [3.8, 4) is 6.07 Å². The molecule has 1 amide bonds. The van der Waals surface area contributed by atoms with Gasteiger partial charge in [0.25, 0.3) is 0 Å². The lowest BCUT2D eigenvalue weighted by Gasteiger charge is -2.40. The molecule has 1 saturated carbocycles. The van der Waals surface area contributed by atoms with Crippen LogP contribution in [-0.2, 0) is 9.53 Å². The van der Waals surface area contributed by atoms with Crippen LogP contribution >= 0.6 is 0 Å². The smallest absolute Gasteiger partial charge is 0.243 e. The van der Waals surface area contributed by atoms with E-state index in [-0.39, 0.29) is 12.0 Å². The minimum absolute atomic E-state index is 0.0575. The van der Waals surface area contributed by atoms with Gasteiger partial charge in [-0.2, -0.15) is 5.26 Å². The van der Waals surface area contributed by atoms with Crippen molar-refractivity contribution < 1.29 is 9.53 Å². The van der Waals surface area contributed by atoms with Gasteiger partial charge in [-0.25, -0.2) is 0 Å². The van der Waals surface area contributed by atoms with E-state index in [1.54, 1.807) is 0 Å². The van der Waals surface area contributed by atoms with Crippen LogP contribution in [0.25, 0.3) is 0 Å². The van der Waals surface area contributed by atoms with Crippen LogP contribution in [0.3, 0.4) is 0 Å². The third-order valence-corrected chi connectivity index (χ3v) is 5.41. The van der Waals surface area contributed by atoms with E-state index in [0.29, 0.717) is 12.5 Å². The molecule has 0 aromatic rings. The van der Waals surface area contributed by atoms with Crippen LogP contribution < -0.4 is 0 Å². The number of carbonyl (C=O) groups excluding carboxylic acids is 1. The molecule has 5 nitrogen and oxygen atoms in total. The van der Waals surface area contributed by atoms with Gasteiger partial charge in [0.1, 0.15) is 5.41 Å². The molecule has 116 valence electrons. The predicted molar refractivity (Wildman–Crippen MR) is 78.4 cm³/mol. The molecule has 0 aromatic carbocycles. The standard InChI is InChI=1S/C16H25N3O2/c1-18-8-9-21-14-11-19(7-4-13(14)10-18)15(20)16(12-17)5-2-3-6-16/h13-14H,2-11H2,1H3/t13-,14-/m1/s1. The average Bonchev–Trinajstić information content (AvgIpc) is 2.90. The molecule has 5 heteroatoms. The molecule has 0 unspecified atom stereocenters. The van der Waals surface area contributed by atoms with E-state index in [1.807, 2.05) is 4.90 Å². The molecule has 3 fully saturated rings. The molecule has 2 heterocycles. The van der Waals surface area contributed by atoms with E-state index < -0.39 is 5.41 Å². The Morgan fingerprint density at radius 3 is 2.76 bits per heavy atom. The van der Waals surface area contributed by atoms with Crippen LogP contribution in [-0.4, -0.2) is 61.6 Å². The van der Waals surface area contributed by atoms with Gasteiger partial charge in [-0.15, -0.1) is 0 Å². The number of likely N-dealkylation sites (N-methyl/N-ethyl adjacent to an activating group) is 1. The van der Waals surface area contributed by atoms with E-state index >= 15 is 0 Å². The highest BCUT2D eigenvalue weighted by Gasteiger charge is 2.46. The van der Waals surface area contributed by atoms with Crippen molar-refractivity contribution in [2.45, 2.75) is 38.2 Å². The maximum atomic E-state index is 12.8. The summed E-state index contributed by atoms with van der Waals surface area (Å²) in [5.74, 6) is 0.574. The van der Waals surface area contributed by atoms with Crippen LogP contribution in [0.5, 0.6) is 0 Å². The Morgan fingerprint density at radius 1 is 1.29 bits per heavy atom. The van der Waals surface area contributed by atoms with Crippen molar-refractivity contribution in [3.63, 3.8) is 0 Å². The minimum atomic E-state index is -0.742. The number of likely N-dealkylation sites (tertiary alicyclic amines) is 1. The van der Waals surface area contributed by atoms with Crippen LogP contribution in [0.4, 0.5) is 0 Å². The summed E-state index contributed by atoms with van der Waals surface area (Å²) in [5, 5.41) is 9.49. The maximum absolute atomic E-state index is 12.8. The van der Waals surface area contributed by atoms with E-state index in [1.165, 1.54) is 0 Å². The van der Waals surface area contributed by atoms with Gasteiger partial charge in [0.2, 0.25) is 5.91 Å². The second-order valence-electron chi connectivity index (χ2n) is 6.87. The van der Waals surface area contributed by atoms with Crippen molar-refractivity contribution in [2.24, 2.45) is 11.3 Å². The first-order valence-corrected chi connectivity index (χ1v) is 8.15. The molecule has 21 heavy (non-hydrogen) atoms. The molecule has 2 aliphatic heterocycles. The summed E-state index contributed by atoms with van der Waals surface area (Å²) < 4.78 is 5.97. The van der Waals surface area contributed by atoms with Crippen molar-refractivity contribution in [1.82, 2.24) is 9.80 Å². The summed E-state index contributed by atoms with van der Waals surface area (Å²) in [4.78, 5) is 17.0. The monoisotopic (exact) mass is 291 g/mol. The fraction of sp³-hybridized carbons (Fsp3) is 0.875. The normalized spacial score (nSPS) is 33.0. The van der Waals surface area contributed by atoms with Crippen molar-refractivity contribution in [2.75, 3.05) is 39.8 Å². The zero-order valence-electron chi connectivity index (χ0n) is 12.9. The van der Waals surface area contributed by atoms with Crippen molar-refractivity contribution in [3.05, 3.63) is 0 Å². The first-order chi connectivity index (χ1) is 10.1. The molecule has 2 saturated heterocycles. The molecule has 0 bridgehead atoms. The molecule has 3 rings (SSSR count). The lowest BCUT2D eigenvalue weighted by atomic mass is 9.84. The summed E-state index contributed by atoms with van der Waals surface area (Å²) in [7, 11) is 2.13. The lowest BCUT2D eigenvalue weighted by Crippen LogP contribution is -2.52. The second kappa shape index (κ2) is 5.94. The number of rotatable bonds is 1. The summed E-state index contributed by atoms with van der Waals surface area (Å²) in [6.45, 7) is 4.20. The van der Waals surface area contributed by atoms with E-state index in [4.69, 9.17) is 4.74 Å².